The Morgan fingerprint density at radius 1 is 0.667 bits per heavy atom. The van der Waals surface area contributed by atoms with Gasteiger partial charge in [0.15, 0.2) is 0 Å². The summed E-state index contributed by atoms with van der Waals surface area (Å²) in [4.78, 5) is 11.7. The van der Waals surface area contributed by atoms with Gasteiger partial charge in [0.25, 0.3) is 0 Å². The summed E-state index contributed by atoms with van der Waals surface area (Å²) in [6.07, 6.45) is -1.87. The summed E-state index contributed by atoms with van der Waals surface area (Å²) in [6.45, 7) is 1.50. The number of benzene rings is 4. The maximum absolute atomic E-state index is 11.7. The predicted molar refractivity (Wildman–Crippen MR) is 147 cm³/mol. The number of rotatable bonds is 12. The minimum Gasteiger partial charge on any atom is -0.478 e. The van der Waals surface area contributed by atoms with E-state index in [9.17, 15) is 9.90 Å². The lowest BCUT2D eigenvalue weighted by Crippen LogP contribution is -2.37. The van der Waals surface area contributed by atoms with Gasteiger partial charge in [-0.25, -0.2) is 4.79 Å². The molecule has 0 aliphatic carbocycles. The maximum Gasteiger partial charge on any atom is 0.335 e. The molecular formula is C33H32O6. The van der Waals surface area contributed by atoms with Crippen LogP contribution in [-0.2, 0) is 38.8 Å². The van der Waals surface area contributed by atoms with E-state index in [0.29, 0.717) is 26.4 Å². The van der Waals surface area contributed by atoms with Gasteiger partial charge in [-0.3, -0.25) is 0 Å². The van der Waals surface area contributed by atoms with E-state index in [-0.39, 0.29) is 5.56 Å². The Balaban J connectivity index is 1.40. The van der Waals surface area contributed by atoms with Crippen molar-refractivity contribution in [2.45, 2.75) is 44.2 Å². The Kier molecular flexibility index (Phi) is 9.14. The number of hydrogen-bond donors (Lipinski definition) is 1. The van der Waals surface area contributed by atoms with Crippen LogP contribution in [0.4, 0.5) is 0 Å². The molecule has 5 rings (SSSR count). The first-order valence-corrected chi connectivity index (χ1v) is 13.1. The van der Waals surface area contributed by atoms with Crippen molar-refractivity contribution in [3.63, 3.8) is 0 Å². The van der Waals surface area contributed by atoms with Crippen molar-refractivity contribution >= 4 is 5.97 Å². The molecule has 1 heterocycles. The minimum atomic E-state index is -0.990. The van der Waals surface area contributed by atoms with E-state index in [4.69, 9.17) is 18.9 Å². The van der Waals surface area contributed by atoms with E-state index in [1.807, 2.05) is 97.1 Å². The minimum absolute atomic E-state index is 0.198. The maximum atomic E-state index is 11.7. The second-order valence-corrected chi connectivity index (χ2v) is 9.55. The van der Waals surface area contributed by atoms with Gasteiger partial charge in [-0.1, -0.05) is 103 Å². The van der Waals surface area contributed by atoms with Crippen molar-refractivity contribution in [1.82, 2.24) is 0 Å². The molecule has 0 amide bonds. The van der Waals surface area contributed by atoms with Gasteiger partial charge in [-0.15, -0.1) is 0 Å². The monoisotopic (exact) mass is 524 g/mol. The molecule has 0 unspecified atom stereocenters. The molecule has 1 N–H and O–H groups in total. The van der Waals surface area contributed by atoms with Crippen LogP contribution in [0, 0.1) is 0 Å². The molecule has 0 aromatic heterocycles. The van der Waals surface area contributed by atoms with E-state index in [2.05, 4.69) is 0 Å². The number of hydrogen-bond acceptors (Lipinski definition) is 5. The summed E-state index contributed by atoms with van der Waals surface area (Å²) in [6, 6.07) is 36.7. The summed E-state index contributed by atoms with van der Waals surface area (Å²) in [5, 5.41) is 9.59. The molecular weight excluding hydrogens is 492 g/mol. The van der Waals surface area contributed by atoms with Crippen molar-refractivity contribution in [2.75, 3.05) is 6.61 Å². The smallest absolute Gasteiger partial charge is 0.335 e. The molecule has 4 aromatic rings. The van der Waals surface area contributed by atoms with Crippen molar-refractivity contribution < 1.29 is 28.8 Å². The Bertz CT molecular complexity index is 1310. The molecule has 0 radical (unpaired) electrons. The van der Waals surface area contributed by atoms with E-state index in [0.717, 1.165) is 22.3 Å². The molecule has 6 heteroatoms. The number of carboxylic acid groups (broad SMARTS) is 1. The molecule has 39 heavy (non-hydrogen) atoms. The first kappa shape index (κ1) is 26.8. The van der Waals surface area contributed by atoms with Gasteiger partial charge in [-0.2, -0.15) is 0 Å². The number of aromatic carboxylic acids is 1. The Morgan fingerprint density at radius 3 is 1.77 bits per heavy atom. The first-order chi connectivity index (χ1) is 19.2. The fraction of sp³-hybridized carbons (Fsp3) is 0.242. The van der Waals surface area contributed by atoms with Crippen LogP contribution in [0.2, 0.25) is 0 Å². The highest BCUT2D eigenvalue weighted by Crippen LogP contribution is 2.39. The van der Waals surface area contributed by atoms with E-state index >= 15 is 0 Å². The molecule has 4 atom stereocenters. The van der Waals surface area contributed by atoms with Gasteiger partial charge in [0, 0.05) is 0 Å². The fourth-order valence-electron chi connectivity index (χ4n) is 4.76. The van der Waals surface area contributed by atoms with Crippen LogP contribution < -0.4 is 0 Å². The third kappa shape index (κ3) is 7.19. The summed E-state index contributed by atoms with van der Waals surface area (Å²) in [5.41, 5.74) is 4.07. The van der Waals surface area contributed by atoms with Crippen LogP contribution in [0.5, 0.6) is 0 Å². The quantitative estimate of drug-likeness (QED) is 0.237. The average molecular weight is 525 g/mol. The zero-order valence-electron chi connectivity index (χ0n) is 21.6. The Morgan fingerprint density at radius 2 is 1.21 bits per heavy atom. The topological polar surface area (TPSA) is 74.2 Å². The number of carbonyl (C=O) groups is 1. The molecule has 1 saturated heterocycles. The second kappa shape index (κ2) is 13.3. The van der Waals surface area contributed by atoms with E-state index < -0.39 is 30.4 Å². The second-order valence-electron chi connectivity index (χ2n) is 9.55. The van der Waals surface area contributed by atoms with Gasteiger partial charge in [0.1, 0.15) is 24.4 Å². The lowest BCUT2D eigenvalue weighted by atomic mass is 9.99. The Hall–Kier alpha value is -3.81. The normalized spacial score (nSPS) is 20.6. The van der Waals surface area contributed by atoms with Gasteiger partial charge >= 0.3 is 5.97 Å². The van der Waals surface area contributed by atoms with Gasteiger partial charge in [0.2, 0.25) is 0 Å². The van der Waals surface area contributed by atoms with E-state index in [1.54, 1.807) is 18.2 Å². The van der Waals surface area contributed by atoms with Crippen molar-refractivity contribution in [3.05, 3.63) is 143 Å². The van der Waals surface area contributed by atoms with Crippen molar-refractivity contribution in [1.29, 1.82) is 0 Å². The molecule has 1 aliphatic heterocycles. The number of ether oxygens (including phenoxy) is 4. The van der Waals surface area contributed by atoms with Crippen LogP contribution in [0.1, 0.15) is 38.7 Å². The predicted octanol–water partition coefficient (Wildman–Crippen LogP) is 6.21. The third-order valence-electron chi connectivity index (χ3n) is 6.74. The number of carboxylic acids is 1. The highest BCUT2D eigenvalue weighted by atomic mass is 16.6. The molecule has 0 saturated carbocycles. The average Bonchev–Trinajstić information content (AvgIpc) is 3.33. The largest absolute Gasteiger partial charge is 0.478 e. The van der Waals surface area contributed by atoms with Crippen LogP contribution in [0.25, 0.3) is 0 Å². The third-order valence-corrected chi connectivity index (χ3v) is 6.74. The van der Waals surface area contributed by atoms with Crippen molar-refractivity contribution in [3.8, 4) is 0 Å². The highest BCUT2D eigenvalue weighted by molar-refractivity contribution is 5.87. The van der Waals surface area contributed by atoms with Crippen LogP contribution in [0.3, 0.4) is 0 Å². The zero-order valence-corrected chi connectivity index (χ0v) is 21.6. The molecule has 1 aliphatic rings. The van der Waals surface area contributed by atoms with Crippen molar-refractivity contribution in [2.24, 2.45) is 0 Å². The zero-order chi connectivity index (χ0) is 26.9. The van der Waals surface area contributed by atoms with Gasteiger partial charge in [-0.05, 0) is 34.4 Å². The van der Waals surface area contributed by atoms with Crippen LogP contribution >= 0.6 is 0 Å². The lowest BCUT2D eigenvalue weighted by Gasteiger charge is -2.25. The lowest BCUT2D eigenvalue weighted by molar-refractivity contribution is -0.0898. The molecule has 0 spiro atoms. The fourth-order valence-corrected chi connectivity index (χ4v) is 4.76. The summed E-state index contributed by atoms with van der Waals surface area (Å²) in [5.74, 6) is -0.990. The first-order valence-electron chi connectivity index (χ1n) is 13.1. The molecule has 1 fully saturated rings. The van der Waals surface area contributed by atoms with Crippen LogP contribution in [-0.4, -0.2) is 36.0 Å². The standard InChI is InChI=1S/C33H32O6/c34-33(35)28-18-10-17-27(19-28)30-32(38-22-26-15-8-3-9-16-26)31(37-21-25-13-6-2-7-14-25)29(39-30)23-36-20-24-11-4-1-5-12-24/h1-19,29-32H,20-23H2,(H,34,35)/t29-,30+,31-,32+/m1/s1. The molecule has 200 valence electrons. The molecule has 4 aromatic carbocycles. The summed E-state index contributed by atoms with van der Waals surface area (Å²) < 4.78 is 25.6. The molecule has 6 nitrogen and oxygen atoms in total. The Labute approximate surface area is 228 Å². The summed E-state index contributed by atoms with van der Waals surface area (Å²) in [7, 11) is 0. The van der Waals surface area contributed by atoms with E-state index in [1.165, 1.54) is 0 Å². The van der Waals surface area contributed by atoms with Crippen LogP contribution in [0.15, 0.2) is 115 Å². The summed E-state index contributed by atoms with van der Waals surface area (Å²) >= 11 is 0. The van der Waals surface area contributed by atoms with Gasteiger partial charge < -0.3 is 24.1 Å². The molecule has 0 bridgehead atoms. The van der Waals surface area contributed by atoms with Gasteiger partial charge in [0.05, 0.1) is 32.0 Å². The SMILES string of the molecule is O=C(O)c1cccc([C@@H]2O[C@H](COCc3ccccc3)[C@@H](OCc3ccccc3)[C@H]2OCc2ccccc2)c1. The highest BCUT2D eigenvalue weighted by Gasteiger charge is 2.47.